The normalized spacial score (nSPS) is 13.0. The van der Waals surface area contributed by atoms with Gasteiger partial charge in [-0.3, -0.25) is 0 Å². The van der Waals surface area contributed by atoms with E-state index in [9.17, 15) is 17.6 Å². The fourth-order valence-electron chi connectivity index (χ4n) is 2.87. The lowest BCUT2D eigenvalue weighted by molar-refractivity contribution is -0.150. The summed E-state index contributed by atoms with van der Waals surface area (Å²) in [6.07, 6.45) is -0.732. The first-order valence-corrected chi connectivity index (χ1v) is 8.56. The van der Waals surface area contributed by atoms with Gasteiger partial charge in [0, 0.05) is 0 Å². The summed E-state index contributed by atoms with van der Waals surface area (Å²) < 4.78 is 53.3. The molecule has 0 nitrogen and oxygen atoms in total. The second-order valence-corrected chi connectivity index (χ2v) is 6.34. The van der Waals surface area contributed by atoms with Crippen molar-refractivity contribution in [1.82, 2.24) is 0 Å². The maximum Gasteiger partial charge on any atom is 0.396 e. The van der Waals surface area contributed by atoms with E-state index in [4.69, 9.17) is 0 Å². The molecule has 27 heavy (non-hydrogen) atoms. The Balaban J connectivity index is 1.73. The summed E-state index contributed by atoms with van der Waals surface area (Å²) in [5, 5.41) is 0. The highest BCUT2D eigenvalue weighted by atomic mass is 19.4. The van der Waals surface area contributed by atoms with E-state index in [1.807, 2.05) is 12.2 Å². The summed E-state index contributed by atoms with van der Waals surface area (Å²) in [4.78, 5) is 0. The number of alkyl halides is 3. The van der Waals surface area contributed by atoms with Crippen LogP contribution in [0.4, 0.5) is 17.6 Å². The third kappa shape index (κ3) is 5.30. The maximum absolute atomic E-state index is 13.5. The van der Waals surface area contributed by atoms with Gasteiger partial charge in [0.15, 0.2) is 0 Å². The SMILES string of the molecule is Fc1ccc(C=Cc2ccc(C[C@H](c3ccccc3)C(F)(F)F)cc2)cc1. The second kappa shape index (κ2) is 8.21. The van der Waals surface area contributed by atoms with Crippen molar-refractivity contribution in [1.29, 1.82) is 0 Å². The summed E-state index contributed by atoms with van der Waals surface area (Å²) in [6, 6.07) is 21.1. The molecule has 0 spiro atoms. The fraction of sp³-hybridized carbons (Fsp3) is 0.130. The van der Waals surface area contributed by atoms with Gasteiger partial charge < -0.3 is 0 Å². The van der Waals surface area contributed by atoms with Gasteiger partial charge >= 0.3 is 6.18 Å². The molecular formula is C23H18F4. The minimum Gasteiger partial charge on any atom is -0.207 e. The molecule has 0 aromatic heterocycles. The van der Waals surface area contributed by atoms with Crippen molar-refractivity contribution in [2.24, 2.45) is 0 Å². The van der Waals surface area contributed by atoms with Crippen LogP contribution < -0.4 is 0 Å². The van der Waals surface area contributed by atoms with E-state index in [1.54, 1.807) is 54.6 Å². The highest BCUT2D eigenvalue weighted by molar-refractivity contribution is 5.69. The molecule has 0 amide bonds. The number of hydrogen-bond acceptors (Lipinski definition) is 0. The van der Waals surface area contributed by atoms with E-state index in [2.05, 4.69) is 0 Å². The lowest BCUT2D eigenvalue weighted by Gasteiger charge is -2.21. The van der Waals surface area contributed by atoms with E-state index < -0.39 is 12.1 Å². The van der Waals surface area contributed by atoms with E-state index in [0.717, 1.165) is 11.1 Å². The predicted molar refractivity (Wildman–Crippen MR) is 101 cm³/mol. The van der Waals surface area contributed by atoms with Crippen molar-refractivity contribution >= 4 is 12.2 Å². The fourth-order valence-corrected chi connectivity index (χ4v) is 2.87. The van der Waals surface area contributed by atoms with Gasteiger partial charge in [-0.1, -0.05) is 78.9 Å². The molecular weight excluding hydrogens is 352 g/mol. The Morgan fingerprint density at radius 1 is 0.704 bits per heavy atom. The molecule has 1 atom stereocenters. The zero-order valence-corrected chi connectivity index (χ0v) is 14.5. The Morgan fingerprint density at radius 3 is 1.74 bits per heavy atom. The average molecular weight is 370 g/mol. The van der Waals surface area contributed by atoms with Gasteiger partial charge in [-0.25, -0.2) is 4.39 Å². The zero-order valence-electron chi connectivity index (χ0n) is 14.5. The molecule has 0 radical (unpaired) electrons. The van der Waals surface area contributed by atoms with Gasteiger partial charge in [0.2, 0.25) is 0 Å². The van der Waals surface area contributed by atoms with Crippen LogP contribution in [0.25, 0.3) is 12.2 Å². The summed E-state index contributed by atoms with van der Waals surface area (Å²) in [5.41, 5.74) is 2.61. The first-order valence-electron chi connectivity index (χ1n) is 8.56. The van der Waals surface area contributed by atoms with Crippen LogP contribution >= 0.6 is 0 Å². The molecule has 0 saturated heterocycles. The van der Waals surface area contributed by atoms with Crippen molar-refractivity contribution in [3.63, 3.8) is 0 Å². The number of hydrogen-bond donors (Lipinski definition) is 0. The standard InChI is InChI=1S/C23H18F4/c24-21-14-12-18(13-15-21)7-6-17-8-10-19(11-9-17)16-22(23(25,26)27)20-4-2-1-3-5-20/h1-15,22H,16H2/t22-/m1/s1. The van der Waals surface area contributed by atoms with Crippen LogP contribution in [0, 0.1) is 5.82 Å². The van der Waals surface area contributed by atoms with Crippen LogP contribution in [0.5, 0.6) is 0 Å². The van der Waals surface area contributed by atoms with Crippen LogP contribution in [0.3, 0.4) is 0 Å². The van der Waals surface area contributed by atoms with Gasteiger partial charge in [-0.05, 0) is 40.8 Å². The van der Waals surface area contributed by atoms with Crippen LogP contribution in [-0.2, 0) is 6.42 Å². The molecule has 0 saturated carbocycles. The first kappa shape index (κ1) is 18.9. The minimum atomic E-state index is -4.30. The van der Waals surface area contributed by atoms with Crippen LogP contribution in [0.1, 0.15) is 28.2 Å². The Hall–Kier alpha value is -2.88. The Labute approximate surface area is 155 Å². The smallest absolute Gasteiger partial charge is 0.207 e. The molecule has 0 heterocycles. The highest BCUT2D eigenvalue weighted by Crippen LogP contribution is 2.37. The van der Waals surface area contributed by atoms with Gasteiger partial charge in [0.25, 0.3) is 0 Å². The molecule has 4 heteroatoms. The Bertz CT molecular complexity index is 876. The third-order valence-corrected chi connectivity index (χ3v) is 4.35. The molecule has 0 unspecified atom stereocenters. The van der Waals surface area contributed by atoms with Crippen LogP contribution in [-0.4, -0.2) is 6.18 Å². The molecule has 0 aliphatic carbocycles. The topological polar surface area (TPSA) is 0 Å². The molecule has 3 rings (SSSR count). The number of benzene rings is 3. The molecule has 0 fully saturated rings. The summed E-state index contributed by atoms with van der Waals surface area (Å²) in [5.74, 6) is -1.83. The predicted octanol–water partition coefficient (Wildman–Crippen LogP) is 6.88. The molecule has 3 aromatic carbocycles. The molecule has 0 aliphatic rings. The quantitative estimate of drug-likeness (QED) is 0.339. The third-order valence-electron chi connectivity index (χ3n) is 4.35. The summed E-state index contributed by atoms with van der Waals surface area (Å²) in [7, 11) is 0. The minimum absolute atomic E-state index is 0.102. The maximum atomic E-state index is 13.5. The van der Waals surface area contributed by atoms with Crippen molar-refractivity contribution in [2.45, 2.75) is 18.5 Å². The lowest BCUT2D eigenvalue weighted by atomic mass is 9.91. The molecule has 138 valence electrons. The monoisotopic (exact) mass is 370 g/mol. The molecule has 3 aromatic rings. The lowest BCUT2D eigenvalue weighted by Crippen LogP contribution is -2.22. The zero-order chi connectivity index (χ0) is 19.3. The molecule has 0 N–H and O–H groups in total. The van der Waals surface area contributed by atoms with Crippen molar-refractivity contribution in [3.8, 4) is 0 Å². The number of rotatable bonds is 5. The summed E-state index contributed by atoms with van der Waals surface area (Å²) >= 11 is 0. The van der Waals surface area contributed by atoms with Gasteiger partial charge in [-0.15, -0.1) is 0 Å². The van der Waals surface area contributed by atoms with E-state index >= 15 is 0 Å². The van der Waals surface area contributed by atoms with E-state index in [0.29, 0.717) is 5.56 Å². The van der Waals surface area contributed by atoms with E-state index in [-0.39, 0.29) is 17.8 Å². The number of halogens is 4. The summed E-state index contributed by atoms with van der Waals surface area (Å²) in [6.45, 7) is 0. The first-order chi connectivity index (χ1) is 12.9. The largest absolute Gasteiger partial charge is 0.396 e. The van der Waals surface area contributed by atoms with E-state index in [1.165, 1.54) is 24.3 Å². The van der Waals surface area contributed by atoms with Crippen LogP contribution in [0.15, 0.2) is 78.9 Å². The van der Waals surface area contributed by atoms with Crippen molar-refractivity contribution in [3.05, 3.63) is 107 Å². The van der Waals surface area contributed by atoms with Gasteiger partial charge in [-0.2, -0.15) is 13.2 Å². The highest BCUT2D eigenvalue weighted by Gasteiger charge is 2.40. The van der Waals surface area contributed by atoms with Crippen LogP contribution in [0.2, 0.25) is 0 Å². The molecule has 0 aliphatic heterocycles. The van der Waals surface area contributed by atoms with Crippen molar-refractivity contribution in [2.75, 3.05) is 0 Å². The molecule has 0 bridgehead atoms. The average Bonchev–Trinajstić information content (AvgIpc) is 2.66. The Morgan fingerprint density at radius 2 is 1.22 bits per heavy atom. The van der Waals surface area contributed by atoms with Crippen molar-refractivity contribution < 1.29 is 17.6 Å². The van der Waals surface area contributed by atoms with Gasteiger partial charge in [0.05, 0.1) is 5.92 Å². The Kier molecular flexibility index (Phi) is 5.75. The second-order valence-electron chi connectivity index (χ2n) is 6.34. The van der Waals surface area contributed by atoms with Gasteiger partial charge in [0.1, 0.15) is 5.82 Å².